The van der Waals surface area contributed by atoms with E-state index in [4.69, 9.17) is 0 Å². The van der Waals surface area contributed by atoms with Crippen LogP contribution >= 0.6 is 0 Å². The molecule has 0 radical (unpaired) electrons. The SMILES string of the molecule is Cc1cc(CNC2CCCCCC2)n(C)n1. The minimum atomic E-state index is 0.720. The maximum absolute atomic E-state index is 4.37. The summed E-state index contributed by atoms with van der Waals surface area (Å²) in [6, 6.07) is 2.89. The highest BCUT2D eigenvalue weighted by Gasteiger charge is 2.12. The predicted molar refractivity (Wildman–Crippen MR) is 66.3 cm³/mol. The van der Waals surface area contributed by atoms with E-state index in [9.17, 15) is 0 Å². The lowest BCUT2D eigenvalue weighted by Gasteiger charge is -2.15. The average molecular weight is 221 g/mol. The number of hydrogen-bond donors (Lipinski definition) is 1. The third kappa shape index (κ3) is 3.08. The van der Waals surface area contributed by atoms with E-state index in [1.54, 1.807) is 0 Å². The maximum atomic E-state index is 4.37. The molecule has 3 nitrogen and oxygen atoms in total. The highest BCUT2D eigenvalue weighted by molar-refractivity contribution is 5.08. The Hall–Kier alpha value is -0.830. The van der Waals surface area contributed by atoms with Gasteiger partial charge in [-0.25, -0.2) is 0 Å². The van der Waals surface area contributed by atoms with Crippen LogP contribution in [0, 0.1) is 6.92 Å². The summed E-state index contributed by atoms with van der Waals surface area (Å²) in [4.78, 5) is 0. The van der Waals surface area contributed by atoms with Gasteiger partial charge in [0.15, 0.2) is 0 Å². The molecule has 2 rings (SSSR count). The van der Waals surface area contributed by atoms with Crippen LogP contribution in [0.4, 0.5) is 0 Å². The molecule has 3 heteroatoms. The predicted octanol–water partition coefficient (Wildman–Crippen LogP) is 2.54. The Bertz CT molecular complexity index is 322. The van der Waals surface area contributed by atoms with Crippen LogP contribution in [0.5, 0.6) is 0 Å². The Labute approximate surface area is 98.2 Å². The first-order valence-corrected chi connectivity index (χ1v) is 6.48. The van der Waals surface area contributed by atoms with Crippen LogP contribution in [0.15, 0.2) is 6.07 Å². The van der Waals surface area contributed by atoms with E-state index in [1.807, 2.05) is 11.7 Å². The van der Waals surface area contributed by atoms with Crippen molar-refractivity contribution in [3.63, 3.8) is 0 Å². The zero-order valence-electron chi connectivity index (χ0n) is 10.5. The minimum Gasteiger partial charge on any atom is -0.308 e. The molecule has 1 aromatic rings. The summed E-state index contributed by atoms with van der Waals surface area (Å²) in [6.45, 7) is 3.01. The summed E-state index contributed by atoms with van der Waals surface area (Å²) in [5, 5.41) is 8.04. The van der Waals surface area contributed by atoms with E-state index in [1.165, 1.54) is 44.2 Å². The zero-order valence-corrected chi connectivity index (χ0v) is 10.5. The second-order valence-corrected chi connectivity index (χ2v) is 4.97. The van der Waals surface area contributed by atoms with Gasteiger partial charge in [0.2, 0.25) is 0 Å². The van der Waals surface area contributed by atoms with Crippen molar-refractivity contribution >= 4 is 0 Å². The van der Waals surface area contributed by atoms with Gasteiger partial charge in [0.1, 0.15) is 0 Å². The van der Waals surface area contributed by atoms with Gasteiger partial charge in [0, 0.05) is 19.6 Å². The van der Waals surface area contributed by atoms with E-state index in [-0.39, 0.29) is 0 Å². The van der Waals surface area contributed by atoms with Gasteiger partial charge in [0.05, 0.1) is 11.4 Å². The normalized spacial score (nSPS) is 18.6. The molecule has 1 aliphatic carbocycles. The summed E-state index contributed by atoms with van der Waals surface area (Å²) in [5.41, 5.74) is 2.40. The molecule has 0 atom stereocenters. The number of hydrogen-bond acceptors (Lipinski definition) is 2. The molecule has 0 amide bonds. The van der Waals surface area contributed by atoms with Gasteiger partial charge in [-0.1, -0.05) is 25.7 Å². The maximum Gasteiger partial charge on any atom is 0.0597 e. The second kappa shape index (κ2) is 5.48. The van der Waals surface area contributed by atoms with Crippen molar-refractivity contribution in [1.82, 2.24) is 15.1 Å². The van der Waals surface area contributed by atoms with E-state index in [2.05, 4.69) is 23.4 Å². The van der Waals surface area contributed by atoms with Gasteiger partial charge in [0.25, 0.3) is 0 Å². The van der Waals surface area contributed by atoms with Crippen molar-refractivity contribution in [2.24, 2.45) is 7.05 Å². The highest BCUT2D eigenvalue weighted by Crippen LogP contribution is 2.17. The Balaban J connectivity index is 1.84. The molecule has 1 heterocycles. The van der Waals surface area contributed by atoms with Crippen LogP contribution in [-0.4, -0.2) is 15.8 Å². The molecular formula is C13H23N3. The average Bonchev–Trinajstić information content (AvgIpc) is 2.48. The number of aryl methyl sites for hydroxylation is 2. The Morgan fingerprint density at radius 2 is 2.00 bits per heavy atom. The van der Waals surface area contributed by atoms with Crippen molar-refractivity contribution in [2.45, 2.75) is 58.0 Å². The summed E-state index contributed by atoms with van der Waals surface area (Å²) in [7, 11) is 2.02. The molecule has 1 aliphatic rings. The molecule has 0 spiro atoms. The lowest BCUT2D eigenvalue weighted by Crippen LogP contribution is -2.28. The summed E-state index contributed by atoms with van der Waals surface area (Å²) in [5.74, 6) is 0. The lowest BCUT2D eigenvalue weighted by atomic mass is 10.1. The van der Waals surface area contributed by atoms with Crippen LogP contribution in [0.1, 0.15) is 49.9 Å². The van der Waals surface area contributed by atoms with E-state index >= 15 is 0 Å². The molecule has 0 aliphatic heterocycles. The van der Waals surface area contributed by atoms with Crippen LogP contribution < -0.4 is 5.32 Å². The Morgan fingerprint density at radius 1 is 1.31 bits per heavy atom. The van der Waals surface area contributed by atoms with E-state index in [0.29, 0.717) is 0 Å². The molecule has 1 aromatic heterocycles. The summed E-state index contributed by atoms with van der Waals surface area (Å²) in [6.07, 6.45) is 8.31. The van der Waals surface area contributed by atoms with E-state index in [0.717, 1.165) is 18.3 Å². The van der Waals surface area contributed by atoms with Gasteiger partial charge in [-0.3, -0.25) is 4.68 Å². The van der Waals surface area contributed by atoms with Crippen molar-refractivity contribution in [2.75, 3.05) is 0 Å². The van der Waals surface area contributed by atoms with Crippen LogP contribution in [0.25, 0.3) is 0 Å². The number of nitrogens with one attached hydrogen (secondary N) is 1. The second-order valence-electron chi connectivity index (χ2n) is 4.97. The number of rotatable bonds is 3. The van der Waals surface area contributed by atoms with Crippen molar-refractivity contribution in [1.29, 1.82) is 0 Å². The van der Waals surface area contributed by atoms with Crippen molar-refractivity contribution < 1.29 is 0 Å². The van der Waals surface area contributed by atoms with Crippen LogP contribution in [0.2, 0.25) is 0 Å². The first kappa shape index (κ1) is 11.6. The molecule has 0 aromatic carbocycles. The van der Waals surface area contributed by atoms with Gasteiger partial charge in [-0.15, -0.1) is 0 Å². The summed E-state index contributed by atoms with van der Waals surface area (Å²) >= 11 is 0. The van der Waals surface area contributed by atoms with Crippen molar-refractivity contribution in [3.05, 3.63) is 17.5 Å². The largest absolute Gasteiger partial charge is 0.308 e. The zero-order chi connectivity index (χ0) is 11.4. The first-order valence-electron chi connectivity index (χ1n) is 6.48. The molecule has 16 heavy (non-hydrogen) atoms. The van der Waals surface area contributed by atoms with Gasteiger partial charge in [-0.2, -0.15) is 5.10 Å². The Morgan fingerprint density at radius 3 is 2.56 bits per heavy atom. The standard InChI is InChI=1S/C13H23N3/c1-11-9-13(16(2)15-11)10-14-12-7-5-3-4-6-8-12/h9,12,14H,3-8,10H2,1-2H3. The van der Waals surface area contributed by atoms with Gasteiger partial charge >= 0.3 is 0 Å². The number of nitrogens with zero attached hydrogens (tertiary/aromatic N) is 2. The molecule has 0 unspecified atom stereocenters. The molecular weight excluding hydrogens is 198 g/mol. The van der Waals surface area contributed by atoms with E-state index < -0.39 is 0 Å². The van der Waals surface area contributed by atoms with Gasteiger partial charge in [-0.05, 0) is 25.8 Å². The third-order valence-corrected chi connectivity index (χ3v) is 3.53. The molecule has 1 saturated carbocycles. The molecule has 0 saturated heterocycles. The molecule has 0 bridgehead atoms. The fraction of sp³-hybridized carbons (Fsp3) is 0.769. The molecule has 1 N–H and O–H groups in total. The Kier molecular flexibility index (Phi) is 3.99. The number of aromatic nitrogens is 2. The quantitative estimate of drug-likeness (QED) is 0.795. The van der Waals surface area contributed by atoms with Crippen molar-refractivity contribution in [3.8, 4) is 0 Å². The molecule has 90 valence electrons. The third-order valence-electron chi connectivity index (χ3n) is 3.53. The first-order chi connectivity index (χ1) is 7.75. The lowest BCUT2D eigenvalue weighted by molar-refractivity contribution is 0.450. The molecule has 1 fully saturated rings. The summed E-state index contributed by atoms with van der Waals surface area (Å²) < 4.78 is 1.99. The topological polar surface area (TPSA) is 29.9 Å². The fourth-order valence-corrected chi connectivity index (χ4v) is 2.56. The van der Waals surface area contributed by atoms with Gasteiger partial charge < -0.3 is 5.32 Å². The van der Waals surface area contributed by atoms with Crippen LogP contribution in [-0.2, 0) is 13.6 Å². The monoisotopic (exact) mass is 221 g/mol. The highest BCUT2D eigenvalue weighted by atomic mass is 15.3. The minimum absolute atomic E-state index is 0.720. The fourth-order valence-electron chi connectivity index (χ4n) is 2.56. The smallest absolute Gasteiger partial charge is 0.0597 e. The van der Waals surface area contributed by atoms with Crippen LogP contribution in [0.3, 0.4) is 0 Å².